The molecule has 1 aromatic heterocycles. The van der Waals surface area contributed by atoms with Crippen LogP contribution in [0.1, 0.15) is 5.56 Å². The van der Waals surface area contributed by atoms with Gasteiger partial charge in [0.15, 0.2) is 23.2 Å². The fourth-order valence-corrected chi connectivity index (χ4v) is 3.06. The highest BCUT2D eigenvalue weighted by atomic mass is 35.5. The molecule has 25 heavy (non-hydrogen) atoms. The first-order valence-corrected chi connectivity index (χ1v) is 8.20. The quantitative estimate of drug-likeness (QED) is 0.593. The number of benzene rings is 1. The molecule has 2 aromatic rings. The smallest absolute Gasteiger partial charge is 0.166 e. The van der Waals surface area contributed by atoms with Crippen LogP contribution >= 0.6 is 23.2 Å². The van der Waals surface area contributed by atoms with E-state index in [4.69, 9.17) is 28.9 Å². The molecule has 8 heteroatoms. The molecule has 0 bridgehead atoms. The maximum absolute atomic E-state index is 6.28. The molecule has 4 rings (SSSR count). The maximum atomic E-state index is 6.28. The van der Waals surface area contributed by atoms with E-state index < -0.39 is 0 Å². The van der Waals surface area contributed by atoms with Crippen LogP contribution in [-0.4, -0.2) is 24.5 Å². The Morgan fingerprint density at radius 1 is 1.04 bits per heavy atom. The molecular formula is C17H12Cl2N6. The molecule has 3 heterocycles. The predicted octanol–water partition coefficient (Wildman–Crippen LogP) is 3.78. The minimum Gasteiger partial charge on any atom is -0.382 e. The minimum atomic E-state index is 0.319. The largest absolute Gasteiger partial charge is 0.382 e. The summed E-state index contributed by atoms with van der Waals surface area (Å²) in [6.45, 7) is 0.410. The SMILES string of the molecule is Nc1ncn(Cc2c(Cl)cccc2Cl)c2nc(-c3cccnc3)nc1-2. The molecule has 0 atom stereocenters. The summed E-state index contributed by atoms with van der Waals surface area (Å²) in [6, 6.07) is 9.11. The van der Waals surface area contributed by atoms with Gasteiger partial charge in [0.05, 0.1) is 12.9 Å². The van der Waals surface area contributed by atoms with Gasteiger partial charge in [-0.05, 0) is 24.3 Å². The molecule has 6 nitrogen and oxygen atoms in total. The average Bonchev–Trinajstić information content (AvgIpc) is 3.07. The van der Waals surface area contributed by atoms with E-state index in [2.05, 4.69) is 19.9 Å². The lowest BCUT2D eigenvalue weighted by atomic mass is 10.2. The number of hydrogen-bond donors (Lipinski definition) is 1. The van der Waals surface area contributed by atoms with Crippen LogP contribution in [0.4, 0.5) is 5.82 Å². The molecule has 0 radical (unpaired) electrons. The molecule has 0 fully saturated rings. The monoisotopic (exact) mass is 370 g/mol. The van der Waals surface area contributed by atoms with E-state index >= 15 is 0 Å². The topological polar surface area (TPSA) is 82.5 Å². The third kappa shape index (κ3) is 2.90. The first-order chi connectivity index (χ1) is 12.1. The number of nitrogens with two attached hydrogens (primary N) is 1. The van der Waals surface area contributed by atoms with Crippen LogP contribution in [0.3, 0.4) is 0 Å². The van der Waals surface area contributed by atoms with Crippen LogP contribution < -0.4 is 5.73 Å². The van der Waals surface area contributed by atoms with Gasteiger partial charge in [0.1, 0.15) is 0 Å². The number of pyridine rings is 1. The summed E-state index contributed by atoms with van der Waals surface area (Å²) in [5.41, 5.74) is 8.10. The van der Waals surface area contributed by atoms with Gasteiger partial charge in [-0.15, -0.1) is 0 Å². The molecule has 0 unspecified atom stereocenters. The zero-order chi connectivity index (χ0) is 17.4. The third-order valence-corrected chi connectivity index (χ3v) is 4.51. The molecule has 0 saturated carbocycles. The number of nitrogen functional groups attached to an aromatic ring is 1. The zero-order valence-electron chi connectivity index (χ0n) is 12.9. The van der Waals surface area contributed by atoms with Crippen LogP contribution in [0.5, 0.6) is 0 Å². The molecule has 0 aliphatic carbocycles. The second-order valence-corrected chi connectivity index (χ2v) is 6.23. The number of aromatic nitrogens is 5. The lowest BCUT2D eigenvalue weighted by molar-refractivity contribution is 0.763. The molecule has 0 saturated heterocycles. The number of hydrogen-bond acceptors (Lipinski definition) is 5. The van der Waals surface area contributed by atoms with E-state index in [9.17, 15) is 0 Å². The molecule has 2 aliphatic rings. The zero-order valence-corrected chi connectivity index (χ0v) is 14.4. The molecule has 0 spiro atoms. The first-order valence-electron chi connectivity index (χ1n) is 7.45. The summed E-state index contributed by atoms with van der Waals surface area (Å²) in [4.78, 5) is 17.4. The second-order valence-electron chi connectivity index (χ2n) is 5.42. The summed E-state index contributed by atoms with van der Waals surface area (Å²) in [5, 5.41) is 1.16. The lowest BCUT2D eigenvalue weighted by Gasteiger charge is -2.13. The average molecular weight is 371 g/mol. The Morgan fingerprint density at radius 3 is 2.56 bits per heavy atom. The number of imidazole rings is 1. The first kappa shape index (κ1) is 15.8. The molecule has 0 amide bonds. The second kappa shape index (κ2) is 6.31. The Kier molecular flexibility index (Phi) is 3.99. The van der Waals surface area contributed by atoms with Gasteiger partial charge in [-0.3, -0.25) is 4.98 Å². The number of anilines is 1. The highest BCUT2D eigenvalue weighted by Gasteiger charge is 2.20. The van der Waals surface area contributed by atoms with Crippen molar-refractivity contribution in [3.63, 3.8) is 0 Å². The van der Waals surface area contributed by atoms with E-state index in [-0.39, 0.29) is 0 Å². The number of rotatable bonds is 3. The summed E-state index contributed by atoms with van der Waals surface area (Å²) in [6.07, 6.45) is 5.01. The standard InChI is InChI=1S/C17H12Cl2N6/c18-12-4-1-5-13(19)11(12)8-25-9-22-15(20)14-17(25)24-16(23-14)10-3-2-6-21-7-10/h1-7,9H,8,20H2. The fourth-order valence-electron chi connectivity index (χ4n) is 2.55. The molecule has 2 N–H and O–H groups in total. The van der Waals surface area contributed by atoms with E-state index in [1.165, 1.54) is 0 Å². The molecule has 124 valence electrons. The van der Waals surface area contributed by atoms with Gasteiger partial charge >= 0.3 is 0 Å². The summed E-state index contributed by atoms with van der Waals surface area (Å²) in [5.74, 6) is 1.48. The predicted molar refractivity (Wildman–Crippen MR) is 97.6 cm³/mol. The van der Waals surface area contributed by atoms with Gasteiger partial charge in [-0.2, -0.15) is 0 Å². The van der Waals surface area contributed by atoms with Gasteiger partial charge in [-0.1, -0.05) is 29.3 Å². The summed E-state index contributed by atoms with van der Waals surface area (Å²) < 4.78 is 1.83. The van der Waals surface area contributed by atoms with E-state index in [0.29, 0.717) is 39.8 Å². The van der Waals surface area contributed by atoms with Gasteiger partial charge < -0.3 is 10.3 Å². The summed E-state index contributed by atoms with van der Waals surface area (Å²) in [7, 11) is 0. The van der Waals surface area contributed by atoms with Crippen LogP contribution in [0.25, 0.3) is 22.9 Å². The van der Waals surface area contributed by atoms with Gasteiger partial charge in [0.25, 0.3) is 0 Å². The molecule has 1 aromatic carbocycles. The van der Waals surface area contributed by atoms with Crippen molar-refractivity contribution in [2.45, 2.75) is 6.54 Å². The third-order valence-electron chi connectivity index (χ3n) is 3.80. The van der Waals surface area contributed by atoms with E-state index in [1.807, 2.05) is 16.7 Å². The fraction of sp³-hybridized carbons (Fsp3) is 0.0588. The number of fused-ring (bicyclic) bond motifs is 1. The van der Waals surface area contributed by atoms with E-state index in [0.717, 1.165) is 11.1 Å². The maximum Gasteiger partial charge on any atom is 0.166 e. The minimum absolute atomic E-state index is 0.319. The van der Waals surface area contributed by atoms with Gasteiger partial charge in [0, 0.05) is 33.6 Å². The van der Waals surface area contributed by atoms with Crippen LogP contribution in [0, 0.1) is 0 Å². The van der Waals surface area contributed by atoms with Gasteiger partial charge in [-0.25, -0.2) is 15.0 Å². The van der Waals surface area contributed by atoms with Crippen LogP contribution in [-0.2, 0) is 6.54 Å². The van der Waals surface area contributed by atoms with Crippen molar-refractivity contribution in [2.24, 2.45) is 0 Å². The van der Waals surface area contributed by atoms with Crippen molar-refractivity contribution in [3.8, 4) is 22.9 Å². The number of nitrogens with zero attached hydrogens (tertiary/aromatic N) is 5. The Morgan fingerprint density at radius 2 is 1.84 bits per heavy atom. The van der Waals surface area contributed by atoms with E-state index in [1.54, 1.807) is 36.9 Å². The Balaban J connectivity index is 1.83. The Labute approximate surface area is 153 Å². The van der Waals surface area contributed by atoms with Crippen molar-refractivity contribution in [2.75, 3.05) is 5.73 Å². The Bertz CT molecular complexity index is 995. The van der Waals surface area contributed by atoms with Gasteiger partial charge in [0.2, 0.25) is 0 Å². The molecular weight excluding hydrogens is 359 g/mol. The Hall–Kier alpha value is -2.70. The van der Waals surface area contributed by atoms with Crippen molar-refractivity contribution in [3.05, 3.63) is 64.7 Å². The lowest BCUT2D eigenvalue weighted by Crippen LogP contribution is -2.09. The van der Waals surface area contributed by atoms with Crippen molar-refractivity contribution in [1.82, 2.24) is 24.5 Å². The summed E-state index contributed by atoms with van der Waals surface area (Å²) >= 11 is 12.6. The normalized spacial score (nSPS) is 11.1. The van der Waals surface area contributed by atoms with Crippen molar-refractivity contribution >= 4 is 29.0 Å². The number of halogens is 2. The van der Waals surface area contributed by atoms with Crippen LogP contribution in [0.2, 0.25) is 10.0 Å². The highest BCUT2D eigenvalue weighted by molar-refractivity contribution is 6.35. The molecule has 2 aliphatic heterocycles. The highest BCUT2D eigenvalue weighted by Crippen LogP contribution is 2.30. The van der Waals surface area contributed by atoms with Crippen LogP contribution in [0.15, 0.2) is 49.1 Å². The van der Waals surface area contributed by atoms with Crippen molar-refractivity contribution < 1.29 is 0 Å². The van der Waals surface area contributed by atoms with Crippen molar-refractivity contribution in [1.29, 1.82) is 0 Å².